The SMILES string of the molecule is CCCc1cc(NC)nc(-c2cnn(CC)c2)n1. The Kier molecular flexibility index (Phi) is 3.92. The first-order chi connectivity index (χ1) is 8.76. The molecule has 0 aliphatic carbocycles. The maximum Gasteiger partial charge on any atom is 0.164 e. The van der Waals surface area contributed by atoms with Gasteiger partial charge in [0.15, 0.2) is 5.82 Å². The summed E-state index contributed by atoms with van der Waals surface area (Å²) in [6.07, 6.45) is 5.83. The van der Waals surface area contributed by atoms with E-state index in [4.69, 9.17) is 0 Å². The highest BCUT2D eigenvalue weighted by Gasteiger charge is 2.08. The Morgan fingerprint density at radius 1 is 1.28 bits per heavy atom. The molecule has 0 spiro atoms. The van der Waals surface area contributed by atoms with E-state index in [0.29, 0.717) is 0 Å². The van der Waals surface area contributed by atoms with Gasteiger partial charge in [-0.05, 0) is 13.3 Å². The lowest BCUT2D eigenvalue weighted by Crippen LogP contribution is -2.00. The minimum Gasteiger partial charge on any atom is -0.373 e. The van der Waals surface area contributed by atoms with Crippen LogP contribution in [0.4, 0.5) is 5.82 Å². The second kappa shape index (κ2) is 5.62. The van der Waals surface area contributed by atoms with Crippen LogP contribution in [0.25, 0.3) is 11.4 Å². The molecular formula is C13H19N5. The fourth-order valence-electron chi connectivity index (χ4n) is 1.79. The summed E-state index contributed by atoms with van der Waals surface area (Å²) >= 11 is 0. The first kappa shape index (κ1) is 12.5. The number of nitrogens with zero attached hydrogens (tertiary/aromatic N) is 4. The lowest BCUT2D eigenvalue weighted by Gasteiger charge is -2.05. The summed E-state index contributed by atoms with van der Waals surface area (Å²) in [4.78, 5) is 9.06. The van der Waals surface area contributed by atoms with Crippen LogP contribution in [-0.4, -0.2) is 26.8 Å². The second-order valence-corrected chi connectivity index (χ2v) is 4.15. The van der Waals surface area contributed by atoms with Crippen LogP contribution < -0.4 is 5.32 Å². The number of aryl methyl sites for hydroxylation is 2. The van der Waals surface area contributed by atoms with Gasteiger partial charge in [0.25, 0.3) is 0 Å². The average Bonchev–Trinajstić information content (AvgIpc) is 2.87. The molecule has 5 nitrogen and oxygen atoms in total. The molecule has 96 valence electrons. The van der Waals surface area contributed by atoms with Gasteiger partial charge in [-0.3, -0.25) is 4.68 Å². The fraction of sp³-hybridized carbons (Fsp3) is 0.462. The Morgan fingerprint density at radius 2 is 2.11 bits per heavy atom. The predicted molar refractivity (Wildman–Crippen MR) is 72.5 cm³/mol. The Labute approximate surface area is 107 Å². The molecule has 0 fully saturated rings. The minimum atomic E-state index is 0.741. The van der Waals surface area contributed by atoms with Gasteiger partial charge in [0.1, 0.15) is 5.82 Å². The summed E-state index contributed by atoms with van der Waals surface area (Å²) in [6.45, 7) is 5.06. The topological polar surface area (TPSA) is 55.6 Å². The fourth-order valence-corrected chi connectivity index (χ4v) is 1.79. The normalized spacial score (nSPS) is 10.6. The monoisotopic (exact) mass is 245 g/mol. The standard InChI is InChI=1S/C13H19N5/c1-4-6-11-7-12(14-3)17-13(16-11)10-8-15-18(5-2)9-10/h7-9H,4-6H2,1-3H3,(H,14,16,17). The molecule has 2 heterocycles. The van der Waals surface area contributed by atoms with E-state index in [1.54, 1.807) is 0 Å². The third-order valence-electron chi connectivity index (χ3n) is 2.76. The van der Waals surface area contributed by atoms with Crippen molar-refractivity contribution in [2.75, 3.05) is 12.4 Å². The van der Waals surface area contributed by atoms with Crippen molar-refractivity contribution in [2.24, 2.45) is 0 Å². The van der Waals surface area contributed by atoms with Crippen molar-refractivity contribution >= 4 is 5.82 Å². The van der Waals surface area contributed by atoms with E-state index in [2.05, 4.69) is 34.2 Å². The van der Waals surface area contributed by atoms with Crippen molar-refractivity contribution in [3.63, 3.8) is 0 Å². The number of rotatable bonds is 5. The van der Waals surface area contributed by atoms with Crippen molar-refractivity contribution in [2.45, 2.75) is 33.2 Å². The molecule has 2 aromatic rings. The van der Waals surface area contributed by atoms with E-state index in [1.165, 1.54) is 0 Å². The Bertz CT molecular complexity index is 518. The molecule has 2 rings (SSSR count). The molecule has 2 aromatic heterocycles. The van der Waals surface area contributed by atoms with Gasteiger partial charge in [-0.2, -0.15) is 5.10 Å². The third-order valence-corrected chi connectivity index (χ3v) is 2.76. The van der Waals surface area contributed by atoms with Gasteiger partial charge in [0.05, 0.1) is 11.8 Å². The highest BCUT2D eigenvalue weighted by molar-refractivity contribution is 5.55. The Morgan fingerprint density at radius 3 is 2.72 bits per heavy atom. The summed E-state index contributed by atoms with van der Waals surface area (Å²) in [7, 11) is 1.87. The number of hydrogen-bond acceptors (Lipinski definition) is 4. The maximum atomic E-state index is 4.58. The molecule has 0 radical (unpaired) electrons. The molecule has 0 amide bonds. The zero-order valence-electron chi connectivity index (χ0n) is 11.1. The molecule has 5 heteroatoms. The van der Waals surface area contributed by atoms with Crippen LogP contribution >= 0.6 is 0 Å². The third kappa shape index (κ3) is 2.67. The molecule has 0 atom stereocenters. The number of aromatic nitrogens is 4. The average molecular weight is 245 g/mol. The van der Waals surface area contributed by atoms with E-state index in [1.807, 2.05) is 30.2 Å². The van der Waals surface area contributed by atoms with Crippen LogP contribution in [0.15, 0.2) is 18.5 Å². The molecule has 0 saturated carbocycles. The summed E-state index contributed by atoms with van der Waals surface area (Å²) in [6, 6.07) is 2.00. The molecule has 0 unspecified atom stereocenters. The van der Waals surface area contributed by atoms with Crippen molar-refractivity contribution in [1.29, 1.82) is 0 Å². The summed E-state index contributed by atoms with van der Waals surface area (Å²) in [5.41, 5.74) is 2.03. The zero-order valence-corrected chi connectivity index (χ0v) is 11.1. The first-order valence-electron chi connectivity index (χ1n) is 6.35. The minimum absolute atomic E-state index is 0.741. The molecule has 1 N–H and O–H groups in total. The van der Waals surface area contributed by atoms with Crippen molar-refractivity contribution in [3.8, 4) is 11.4 Å². The molecule has 0 bridgehead atoms. The quantitative estimate of drug-likeness (QED) is 0.878. The second-order valence-electron chi connectivity index (χ2n) is 4.15. The van der Waals surface area contributed by atoms with Gasteiger partial charge in [0.2, 0.25) is 0 Å². The van der Waals surface area contributed by atoms with E-state index in [0.717, 1.165) is 42.3 Å². The predicted octanol–water partition coefficient (Wildman–Crippen LogP) is 2.35. The lowest BCUT2D eigenvalue weighted by molar-refractivity contribution is 0.660. The number of nitrogens with one attached hydrogen (secondary N) is 1. The van der Waals surface area contributed by atoms with E-state index in [9.17, 15) is 0 Å². The zero-order chi connectivity index (χ0) is 13.0. The number of anilines is 1. The van der Waals surface area contributed by atoms with Crippen LogP contribution in [0.3, 0.4) is 0 Å². The highest BCUT2D eigenvalue weighted by atomic mass is 15.3. The van der Waals surface area contributed by atoms with Gasteiger partial charge in [0, 0.05) is 31.5 Å². The van der Waals surface area contributed by atoms with Crippen molar-refractivity contribution in [3.05, 3.63) is 24.2 Å². The molecular weight excluding hydrogens is 226 g/mol. The maximum absolute atomic E-state index is 4.58. The smallest absolute Gasteiger partial charge is 0.164 e. The number of hydrogen-bond donors (Lipinski definition) is 1. The van der Waals surface area contributed by atoms with E-state index < -0.39 is 0 Å². The van der Waals surface area contributed by atoms with Gasteiger partial charge < -0.3 is 5.32 Å². The van der Waals surface area contributed by atoms with Crippen molar-refractivity contribution in [1.82, 2.24) is 19.7 Å². The van der Waals surface area contributed by atoms with E-state index in [-0.39, 0.29) is 0 Å². The first-order valence-corrected chi connectivity index (χ1v) is 6.35. The molecule has 0 aliphatic heterocycles. The van der Waals surface area contributed by atoms with Gasteiger partial charge >= 0.3 is 0 Å². The van der Waals surface area contributed by atoms with Crippen LogP contribution in [0, 0.1) is 0 Å². The molecule has 0 aliphatic rings. The molecule has 0 saturated heterocycles. The molecule has 0 aromatic carbocycles. The largest absolute Gasteiger partial charge is 0.373 e. The summed E-state index contributed by atoms with van der Waals surface area (Å²) in [5, 5.41) is 7.34. The summed E-state index contributed by atoms with van der Waals surface area (Å²) in [5.74, 6) is 1.60. The van der Waals surface area contributed by atoms with Crippen molar-refractivity contribution < 1.29 is 0 Å². The van der Waals surface area contributed by atoms with Gasteiger partial charge in [-0.1, -0.05) is 13.3 Å². The Hall–Kier alpha value is -1.91. The molecule has 18 heavy (non-hydrogen) atoms. The lowest BCUT2D eigenvalue weighted by atomic mass is 10.2. The van der Waals surface area contributed by atoms with Crippen LogP contribution in [0.1, 0.15) is 26.0 Å². The Balaban J connectivity index is 2.39. The summed E-state index contributed by atoms with van der Waals surface area (Å²) < 4.78 is 1.88. The van der Waals surface area contributed by atoms with Crippen LogP contribution in [0.5, 0.6) is 0 Å². The van der Waals surface area contributed by atoms with Crippen LogP contribution in [0.2, 0.25) is 0 Å². The van der Waals surface area contributed by atoms with Gasteiger partial charge in [-0.15, -0.1) is 0 Å². The van der Waals surface area contributed by atoms with Crippen LogP contribution in [-0.2, 0) is 13.0 Å². The highest BCUT2D eigenvalue weighted by Crippen LogP contribution is 2.18. The van der Waals surface area contributed by atoms with Gasteiger partial charge in [-0.25, -0.2) is 9.97 Å². The van der Waals surface area contributed by atoms with E-state index >= 15 is 0 Å².